The molecule has 0 radical (unpaired) electrons. The fourth-order valence-electron chi connectivity index (χ4n) is 3.33. The number of thioether (sulfide) groups is 1. The predicted molar refractivity (Wildman–Crippen MR) is 111 cm³/mol. The molecule has 0 aliphatic carbocycles. The van der Waals surface area contributed by atoms with Gasteiger partial charge in [-0.3, -0.25) is 9.59 Å². The first-order valence-corrected chi connectivity index (χ1v) is 11.5. The van der Waals surface area contributed by atoms with Crippen LogP contribution in [0.4, 0.5) is 0 Å². The Labute approximate surface area is 173 Å². The maximum atomic E-state index is 12.8. The molecule has 9 heteroatoms. The fraction of sp³-hybridized carbons (Fsp3) is 0.526. The molecule has 2 aromatic rings. The van der Waals surface area contributed by atoms with E-state index in [-0.39, 0.29) is 11.8 Å². The fourth-order valence-corrected chi connectivity index (χ4v) is 4.49. The number of likely N-dealkylation sites (tertiary alicyclic amines) is 1. The number of aryl methyl sites for hydroxylation is 1. The highest BCUT2D eigenvalue weighted by molar-refractivity contribution is 7.98. The van der Waals surface area contributed by atoms with Crippen LogP contribution in [-0.4, -0.2) is 57.2 Å². The average Bonchev–Trinajstić information content (AvgIpc) is 3.20. The SMILES string of the molecule is CCCc1nnsc1C(=O)NCC1CCN(C(=O)c2cccnc2SC)CC1. The topological polar surface area (TPSA) is 88.1 Å². The van der Waals surface area contributed by atoms with Crippen molar-refractivity contribution in [2.45, 2.75) is 37.6 Å². The molecule has 0 bridgehead atoms. The molecule has 3 heterocycles. The van der Waals surface area contributed by atoms with Gasteiger partial charge in [0, 0.05) is 25.8 Å². The third-order valence-corrected chi connectivity index (χ3v) is 6.38. The minimum Gasteiger partial charge on any atom is -0.351 e. The van der Waals surface area contributed by atoms with Gasteiger partial charge in [-0.1, -0.05) is 17.8 Å². The summed E-state index contributed by atoms with van der Waals surface area (Å²) in [7, 11) is 0. The lowest BCUT2D eigenvalue weighted by Crippen LogP contribution is -2.41. The third kappa shape index (κ3) is 4.88. The monoisotopic (exact) mass is 419 g/mol. The van der Waals surface area contributed by atoms with E-state index in [1.54, 1.807) is 12.3 Å². The second kappa shape index (κ2) is 9.97. The second-order valence-electron chi connectivity index (χ2n) is 6.80. The molecule has 0 saturated carbocycles. The summed E-state index contributed by atoms with van der Waals surface area (Å²) in [5.41, 5.74) is 1.45. The number of piperidine rings is 1. The summed E-state index contributed by atoms with van der Waals surface area (Å²) < 4.78 is 3.91. The van der Waals surface area contributed by atoms with E-state index in [1.165, 1.54) is 11.8 Å². The molecule has 0 spiro atoms. The van der Waals surface area contributed by atoms with Crippen molar-refractivity contribution >= 4 is 35.1 Å². The summed E-state index contributed by atoms with van der Waals surface area (Å²) in [4.78, 5) is 32.0. The predicted octanol–water partition coefficient (Wildman–Crippen LogP) is 2.89. The Kier molecular flexibility index (Phi) is 7.38. The highest BCUT2D eigenvalue weighted by Gasteiger charge is 2.26. The minimum absolute atomic E-state index is 0.0416. The summed E-state index contributed by atoms with van der Waals surface area (Å²) in [6, 6.07) is 3.64. The van der Waals surface area contributed by atoms with Gasteiger partial charge in [-0.25, -0.2) is 4.98 Å². The normalized spacial score (nSPS) is 14.9. The van der Waals surface area contributed by atoms with E-state index in [0.29, 0.717) is 36.0 Å². The number of amides is 2. The number of rotatable bonds is 7. The van der Waals surface area contributed by atoms with Crippen LogP contribution in [0.25, 0.3) is 0 Å². The molecular weight excluding hydrogens is 394 g/mol. The Morgan fingerprint density at radius 1 is 1.36 bits per heavy atom. The highest BCUT2D eigenvalue weighted by Crippen LogP contribution is 2.23. The first-order chi connectivity index (χ1) is 13.6. The molecular formula is C19H25N5O2S2. The first kappa shape index (κ1) is 20.7. The molecule has 2 amide bonds. The molecule has 0 aromatic carbocycles. The van der Waals surface area contributed by atoms with Crippen LogP contribution >= 0.6 is 23.3 Å². The molecule has 1 aliphatic heterocycles. The van der Waals surface area contributed by atoms with Gasteiger partial charge in [0.1, 0.15) is 9.90 Å². The molecule has 0 atom stereocenters. The average molecular weight is 420 g/mol. The van der Waals surface area contributed by atoms with Crippen molar-refractivity contribution in [2.24, 2.45) is 5.92 Å². The quantitative estimate of drug-likeness (QED) is 0.694. The van der Waals surface area contributed by atoms with Gasteiger partial charge in [0.2, 0.25) is 0 Å². The van der Waals surface area contributed by atoms with Crippen molar-refractivity contribution in [3.8, 4) is 0 Å². The minimum atomic E-state index is -0.0862. The van der Waals surface area contributed by atoms with Crippen molar-refractivity contribution in [3.63, 3.8) is 0 Å². The molecule has 2 aromatic heterocycles. The number of nitrogens with zero attached hydrogens (tertiary/aromatic N) is 4. The zero-order valence-corrected chi connectivity index (χ0v) is 17.8. The molecule has 150 valence electrons. The largest absolute Gasteiger partial charge is 0.351 e. The zero-order valence-electron chi connectivity index (χ0n) is 16.2. The van der Waals surface area contributed by atoms with Gasteiger partial charge in [-0.2, -0.15) is 0 Å². The van der Waals surface area contributed by atoms with Crippen molar-refractivity contribution in [2.75, 3.05) is 25.9 Å². The lowest BCUT2D eigenvalue weighted by Gasteiger charge is -2.32. The summed E-state index contributed by atoms with van der Waals surface area (Å²) in [6.07, 6.45) is 7.10. The van der Waals surface area contributed by atoms with E-state index in [0.717, 1.165) is 47.9 Å². The van der Waals surface area contributed by atoms with Crippen LogP contribution in [0, 0.1) is 5.92 Å². The Bertz CT molecular complexity index is 818. The molecule has 7 nitrogen and oxygen atoms in total. The molecule has 0 unspecified atom stereocenters. The maximum absolute atomic E-state index is 12.8. The number of pyridine rings is 1. The van der Waals surface area contributed by atoms with E-state index >= 15 is 0 Å². The summed E-state index contributed by atoms with van der Waals surface area (Å²) in [5, 5.41) is 7.84. The third-order valence-electron chi connectivity index (χ3n) is 4.90. The van der Waals surface area contributed by atoms with Crippen molar-refractivity contribution in [3.05, 3.63) is 34.5 Å². The smallest absolute Gasteiger partial charge is 0.264 e. The van der Waals surface area contributed by atoms with Gasteiger partial charge in [-0.15, -0.1) is 16.9 Å². The van der Waals surface area contributed by atoms with Gasteiger partial charge < -0.3 is 10.2 Å². The van der Waals surface area contributed by atoms with Crippen LogP contribution in [0.2, 0.25) is 0 Å². The van der Waals surface area contributed by atoms with Crippen molar-refractivity contribution < 1.29 is 9.59 Å². The van der Waals surface area contributed by atoms with Gasteiger partial charge in [-0.05, 0) is 55.1 Å². The summed E-state index contributed by atoms with van der Waals surface area (Å²) in [6.45, 7) is 4.08. The lowest BCUT2D eigenvalue weighted by molar-refractivity contribution is 0.0680. The van der Waals surface area contributed by atoms with Crippen LogP contribution in [-0.2, 0) is 6.42 Å². The highest BCUT2D eigenvalue weighted by atomic mass is 32.2. The Hall–Kier alpha value is -2.00. The molecule has 1 fully saturated rings. The van der Waals surface area contributed by atoms with E-state index in [4.69, 9.17) is 0 Å². The molecule has 1 aliphatic rings. The number of carbonyl (C=O) groups excluding carboxylic acids is 2. The number of hydrogen-bond donors (Lipinski definition) is 1. The maximum Gasteiger partial charge on any atom is 0.264 e. The summed E-state index contributed by atoms with van der Waals surface area (Å²) in [5.74, 6) is 0.328. The van der Waals surface area contributed by atoms with Gasteiger partial charge in [0.15, 0.2) is 0 Å². The Balaban J connectivity index is 1.49. The molecule has 28 heavy (non-hydrogen) atoms. The van der Waals surface area contributed by atoms with Crippen molar-refractivity contribution in [1.29, 1.82) is 0 Å². The van der Waals surface area contributed by atoms with Gasteiger partial charge in [0.05, 0.1) is 11.3 Å². The number of hydrogen-bond acceptors (Lipinski definition) is 7. The zero-order chi connectivity index (χ0) is 19.9. The van der Waals surface area contributed by atoms with Crippen molar-refractivity contribution in [1.82, 2.24) is 24.8 Å². The summed E-state index contributed by atoms with van der Waals surface area (Å²) >= 11 is 2.64. The van der Waals surface area contributed by atoms with Crippen LogP contribution in [0.15, 0.2) is 23.4 Å². The van der Waals surface area contributed by atoms with E-state index < -0.39 is 0 Å². The van der Waals surface area contributed by atoms with Crippen LogP contribution < -0.4 is 5.32 Å². The molecule has 3 rings (SSSR count). The van der Waals surface area contributed by atoms with Crippen LogP contribution in [0.1, 0.15) is 51.9 Å². The van der Waals surface area contributed by atoms with Gasteiger partial charge >= 0.3 is 0 Å². The Morgan fingerprint density at radius 2 is 2.14 bits per heavy atom. The number of nitrogens with one attached hydrogen (secondary N) is 1. The van der Waals surface area contributed by atoms with Crippen LogP contribution in [0.5, 0.6) is 0 Å². The first-order valence-electron chi connectivity index (χ1n) is 9.51. The lowest BCUT2D eigenvalue weighted by atomic mass is 9.96. The van der Waals surface area contributed by atoms with Crippen LogP contribution in [0.3, 0.4) is 0 Å². The standard InChI is InChI=1S/C19H25N5O2S2/c1-3-5-15-16(28-23-22-15)17(25)21-12-13-7-10-24(11-8-13)19(26)14-6-4-9-20-18(14)27-2/h4,6,9,13H,3,5,7-8,10-12H2,1-2H3,(H,21,25). The second-order valence-corrected chi connectivity index (χ2v) is 8.35. The van der Waals surface area contributed by atoms with E-state index in [9.17, 15) is 9.59 Å². The van der Waals surface area contributed by atoms with E-state index in [1.807, 2.05) is 17.2 Å². The Morgan fingerprint density at radius 3 is 2.86 bits per heavy atom. The van der Waals surface area contributed by atoms with Gasteiger partial charge in [0.25, 0.3) is 11.8 Å². The molecule has 1 saturated heterocycles. The molecule has 1 N–H and O–H groups in total. The number of aromatic nitrogens is 3. The number of carbonyl (C=O) groups is 2. The van der Waals surface area contributed by atoms with E-state index in [2.05, 4.69) is 26.8 Å².